The average molecular weight is 455 g/mol. The first kappa shape index (κ1) is 22.9. The smallest absolute Gasteiger partial charge is 0.417 e. The maximum atomic E-state index is 14.2. The van der Waals surface area contributed by atoms with Crippen LogP contribution in [0.2, 0.25) is 0 Å². The van der Waals surface area contributed by atoms with Crippen molar-refractivity contribution in [2.24, 2.45) is 0 Å². The van der Waals surface area contributed by atoms with Gasteiger partial charge in [-0.2, -0.15) is 13.2 Å². The van der Waals surface area contributed by atoms with E-state index in [9.17, 15) is 18.0 Å². The number of hydrogen-bond acceptors (Lipinski definition) is 4. The molecule has 0 bridgehead atoms. The van der Waals surface area contributed by atoms with Crippen LogP contribution < -0.4 is 9.47 Å². The van der Waals surface area contributed by atoms with Crippen molar-refractivity contribution < 1.29 is 27.4 Å². The zero-order chi connectivity index (χ0) is 23.6. The van der Waals surface area contributed by atoms with Gasteiger partial charge in [0.25, 0.3) is 0 Å². The Labute approximate surface area is 190 Å². The lowest BCUT2D eigenvalue weighted by atomic mass is 9.86. The molecule has 0 N–H and O–H groups in total. The SMILES string of the molecule is Cc1c(C(=O)Oc2ccccc2)c(OCc2ccccc2)cc(C2CCN2C)c1C(F)(F)F. The normalized spacial score (nSPS) is 16.2. The fourth-order valence-electron chi connectivity index (χ4n) is 4.11. The molecule has 33 heavy (non-hydrogen) atoms. The van der Waals surface area contributed by atoms with Crippen molar-refractivity contribution in [3.8, 4) is 11.5 Å². The highest BCUT2D eigenvalue weighted by atomic mass is 19.4. The summed E-state index contributed by atoms with van der Waals surface area (Å²) in [7, 11) is 1.78. The minimum absolute atomic E-state index is 0.0839. The van der Waals surface area contributed by atoms with E-state index in [4.69, 9.17) is 9.47 Å². The van der Waals surface area contributed by atoms with Crippen molar-refractivity contribution in [1.82, 2.24) is 4.90 Å². The molecule has 1 fully saturated rings. The highest BCUT2D eigenvalue weighted by molar-refractivity contribution is 5.96. The minimum atomic E-state index is -4.63. The van der Waals surface area contributed by atoms with Crippen molar-refractivity contribution in [2.75, 3.05) is 13.6 Å². The molecule has 3 aromatic rings. The summed E-state index contributed by atoms with van der Waals surface area (Å²) >= 11 is 0. The largest absolute Gasteiger partial charge is 0.488 e. The summed E-state index contributed by atoms with van der Waals surface area (Å²) in [5.41, 5.74) is -0.254. The Bertz CT molecular complexity index is 1130. The molecule has 0 spiro atoms. The first-order chi connectivity index (χ1) is 15.8. The number of para-hydroxylation sites is 1. The van der Waals surface area contributed by atoms with Gasteiger partial charge in [-0.25, -0.2) is 4.79 Å². The standard InChI is InChI=1S/C26H24F3NO3/c1-17-23(25(31)33-19-11-7-4-8-12-19)22(32-16-18-9-5-3-6-10-18)15-20(21-13-14-30(21)2)24(17)26(27,28)29/h3-12,15,21H,13-14,16H2,1-2H3. The first-order valence-corrected chi connectivity index (χ1v) is 10.6. The van der Waals surface area contributed by atoms with Gasteiger partial charge in [0, 0.05) is 12.6 Å². The summed E-state index contributed by atoms with van der Waals surface area (Å²) in [5, 5.41) is 0. The Kier molecular flexibility index (Phi) is 6.42. The van der Waals surface area contributed by atoms with Gasteiger partial charge < -0.3 is 9.47 Å². The Morgan fingerprint density at radius 3 is 2.24 bits per heavy atom. The predicted octanol–water partition coefficient (Wildman–Crippen LogP) is 6.19. The maximum Gasteiger partial charge on any atom is 0.417 e. The topological polar surface area (TPSA) is 38.8 Å². The molecule has 172 valence electrons. The molecule has 0 aliphatic carbocycles. The van der Waals surface area contributed by atoms with E-state index in [1.54, 1.807) is 37.4 Å². The number of carbonyl (C=O) groups is 1. The van der Waals surface area contributed by atoms with Crippen molar-refractivity contribution >= 4 is 5.97 Å². The lowest BCUT2D eigenvalue weighted by molar-refractivity contribution is -0.139. The first-order valence-electron chi connectivity index (χ1n) is 10.6. The quantitative estimate of drug-likeness (QED) is 0.328. The number of alkyl halides is 3. The second-order valence-electron chi connectivity index (χ2n) is 8.10. The number of hydrogen-bond donors (Lipinski definition) is 0. The van der Waals surface area contributed by atoms with E-state index in [1.807, 2.05) is 35.2 Å². The molecule has 0 radical (unpaired) electrons. The van der Waals surface area contributed by atoms with Gasteiger partial charge in [0.15, 0.2) is 0 Å². The number of ether oxygens (including phenoxy) is 2. The maximum absolute atomic E-state index is 14.2. The van der Waals surface area contributed by atoms with E-state index in [1.165, 1.54) is 13.0 Å². The molecular weight excluding hydrogens is 431 g/mol. The van der Waals surface area contributed by atoms with E-state index < -0.39 is 23.8 Å². The Morgan fingerprint density at radius 1 is 1.06 bits per heavy atom. The fourth-order valence-corrected chi connectivity index (χ4v) is 4.11. The van der Waals surface area contributed by atoms with Crippen LogP contribution >= 0.6 is 0 Å². The molecule has 0 aromatic heterocycles. The van der Waals surface area contributed by atoms with E-state index in [2.05, 4.69) is 0 Å². The van der Waals surface area contributed by atoms with Gasteiger partial charge in [0.05, 0.1) is 5.56 Å². The second-order valence-corrected chi connectivity index (χ2v) is 8.10. The summed E-state index contributed by atoms with van der Waals surface area (Å²) in [6.07, 6.45) is -4.03. The number of likely N-dealkylation sites (tertiary alicyclic amines) is 1. The number of benzene rings is 3. The van der Waals surface area contributed by atoms with Crippen molar-refractivity contribution in [1.29, 1.82) is 0 Å². The summed E-state index contributed by atoms with van der Waals surface area (Å²) in [5.74, 6) is -0.561. The van der Waals surface area contributed by atoms with Crippen LogP contribution in [-0.2, 0) is 12.8 Å². The number of halogens is 3. The molecule has 1 aliphatic heterocycles. The lowest BCUT2D eigenvalue weighted by Crippen LogP contribution is -2.38. The summed E-state index contributed by atoms with van der Waals surface area (Å²) in [6.45, 7) is 2.12. The molecular formula is C26H24F3NO3. The zero-order valence-electron chi connectivity index (χ0n) is 18.4. The molecule has 1 heterocycles. The van der Waals surface area contributed by atoms with E-state index in [-0.39, 0.29) is 34.8 Å². The Balaban J connectivity index is 1.81. The molecule has 4 nitrogen and oxygen atoms in total. The van der Waals surface area contributed by atoms with E-state index in [0.717, 1.165) is 5.56 Å². The molecule has 0 saturated carbocycles. The van der Waals surface area contributed by atoms with Crippen LogP contribution in [0.3, 0.4) is 0 Å². The van der Waals surface area contributed by atoms with Crippen LogP contribution in [0.15, 0.2) is 66.7 Å². The van der Waals surface area contributed by atoms with Crippen molar-refractivity contribution in [2.45, 2.75) is 32.2 Å². The zero-order valence-corrected chi connectivity index (χ0v) is 18.4. The molecule has 0 amide bonds. The molecule has 4 rings (SSSR count). The number of carbonyl (C=O) groups excluding carboxylic acids is 1. The van der Waals surface area contributed by atoms with E-state index in [0.29, 0.717) is 13.0 Å². The summed E-state index contributed by atoms with van der Waals surface area (Å²) < 4.78 is 53.9. The highest BCUT2D eigenvalue weighted by Crippen LogP contribution is 2.45. The lowest BCUT2D eigenvalue weighted by Gasteiger charge is -2.40. The second kappa shape index (κ2) is 9.27. The van der Waals surface area contributed by atoms with Gasteiger partial charge in [0.2, 0.25) is 0 Å². The summed E-state index contributed by atoms with van der Waals surface area (Å²) in [4.78, 5) is 14.9. The number of nitrogens with zero attached hydrogens (tertiary/aromatic N) is 1. The number of rotatable bonds is 6. The fraction of sp³-hybridized carbons (Fsp3) is 0.269. The van der Waals surface area contributed by atoms with Gasteiger partial charge in [-0.1, -0.05) is 48.5 Å². The van der Waals surface area contributed by atoms with Crippen LogP contribution in [-0.4, -0.2) is 24.5 Å². The van der Waals surface area contributed by atoms with E-state index >= 15 is 0 Å². The molecule has 1 atom stereocenters. The van der Waals surface area contributed by atoms with Gasteiger partial charge in [-0.15, -0.1) is 0 Å². The third-order valence-electron chi connectivity index (χ3n) is 5.90. The molecule has 7 heteroatoms. The van der Waals surface area contributed by atoms with Crippen LogP contribution in [0, 0.1) is 6.92 Å². The molecule has 1 unspecified atom stereocenters. The highest BCUT2D eigenvalue weighted by Gasteiger charge is 2.42. The predicted molar refractivity (Wildman–Crippen MR) is 118 cm³/mol. The summed E-state index contributed by atoms with van der Waals surface area (Å²) in [6, 6.07) is 18.5. The molecule has 1 aliphatic rings. The van der Waals surface area contributed by atoms with Crippen LogP contribution in [0.1, 0.15) is 45.1 Å². The molecule has 1 saturated heterocycles. The monoisotopic (exact) mass is 455 g/mol. The Morgan fingerprint density at radius 2 is 1.70 bits per heavy atom. The van der Waals surface area contributed by atoms with Gasteiger partial charge in [-0.3, -0.25) is 4.90 Å². The Hall–Kier alpha value is -3.32. The van der Waals surface area contributed by atoms with Crippen LogP contribution in [0.4, 0.5) is 13.2 Å². The number of esters is 1. The van der Waals surface area contributed by atoms with Gasteiger partial charge in [-0.05, 0) is 55.3 Å². The van der Waals surface area contributed by atoms with Crippen LogP contribution in [0.5, 0.6) is 11.5 Å². The van der Waals surface area contributed by atoms with Crippen molar-refractivity contribution in [3.05, 3.63) is 94.5 Å². The average Bonchev–Trinajstić information content (AvgIpc) is 2.76. The third kappa shape index (κ3) is 4.88. The van der Waals surface area contributed by atoms with Crippen molar-refractivity contribution in [3.63, 3.8) is 0 Å². The van der Waals surface area contributed by atoms with Gasteiger partial charge in [0.1, 0.15) is 23.7 Å². The minimum Gasteiger partial charge on any atom is -0.488 e. The van der Waals surface area contributed by atoms with Gasteiger partial charge >= 0.3 is 12.1 Å². The van der Waals surface area contributed by atoms with Crippen LogP contribution in [0.25, 0.3) is 0 Å². The third-order valence-corrected chi connectivity index (χ3v) is 5.90. The molecule has 3 aromatic carbocycles.